The van der Waals surface area contributed by atoms with Gasteiger partial charge < -0.3 is 9.53 Å². The number of rotatable bonds is 3. The molecule has 2 rings (SSSR count). The molecule has 0 unspecified atom stereocenters. The molecular weight excluding hydrogens is 289 g/mol. The molecule has 1 aliphatic carbocycles. The highest BCUT2D eigenvalue weighted by Crippen LogP contribution is 2.41. The fourth-order valence-corrected chi connectivity index (χ4v) is 3.18. The largest absolute Gasteiger partial charge is 0.416 e. The van der Waals surface area contributed by atoms with Crippen LogP contribution in [0, 0.1) is 5.92 Å². The molecule has 0 N–H and O–H groups in total. The van der Waals surface area contributed by atoms with Gasteiger partial charge >= 0.3 is 6.18 Å². The van der Waals surface area contributed by atoms with Gasteiger partial charge in [-0.2, -0.15) is 13.2 Å². The molecular formula is C14H17F3O2S. The van der Waals surface area contributed by atoms with Crippen LogP contribution in [0.15, 0.2) is 29.2 Å². The molecule has 6 heteroatoms. The molecule has 1 aromatic rings. The minimum absolute atomic E-state index is 0.0956. The Morgan fingerprint density at radius 3 is 2.40 bits per heavy atom. The van der Waals surface area contributed by atoms with Gasteiger partial charge in [-0.1, -0.05) is 6.07 Å². The zero-order chi connectivity index (χ0) is 15.2. The number of alkyl halides is 3. The quantitative estimate of drug-likeness (QED) is 0.788. The molecule has 0 spiro atoms. The van der Waals surface area contributed by atoms with Crippen LogP contribution in [0.5, 0.6) is 0 Å². The number of aldehydes is 1. The zero-order valence-electron chi connectivity index (χ0n) is 11.3. The van der Waals surface area contributed by atoms with E-state index in [1.165, 1.54) is 23.9 Å². The summed E-state index contributed by atoms with van der Waals surface area (Å²) in [5.74, 6) is 0.0956. The Balaban J connectivity index is 0.000000612. The maximum Gasteiger partial charge on any atom is 0.416 e. The minimum Gasteiger partial charge on any atom is -0.388 e. The Bertz CT molecular complexity index is 429. The topological polar surface area (TPSA) is 26.3 Å². The summed E-state index contributed by atoms with van der Waals surface area (Å²) in [7, 11) is 3.25. The lowest BCUT2D eigenvalue weighted by Crippen LogP contribution is -2.26. The number of hydrogen-bond donors (Lipinski definition) is 0. The number of thioether (sulfide) groups is 1. The van der Waals surface area contributed by atoms with Crippen LogP contribution in [0.4, 0.5) is 13.2 Å². The highest BCUT2D eigenvalue weighted by Gasteiger charge is 2.32. The van der Waals surface area contributed by atoms with Gasteiger partial charge in [-0.15, -0.1) is 11.8 Å². The van der Waals surface area contributed by atoms with Crippen molar-refractivity contribution in [2.45, 2.75) is 29.2 Å². The van der Waals surface area contributed by atoms with Gasteiger partial charge in [0.1, 0.15) is 6.29 Å². The van der Waals surface area contributed by atoms with Crippen molar-refractivity contribution in [1.29, 1.82) is 0 Å². The third kappa shape index (κ3) is 5.17. The molecule has 20 heavy (non-hydrogen) atoms. The van der Waals surface area contributed by atoms with Crippen LogP contribution in [0.2, 0.25) is 0 Å². The van der Waals surface area contributed by atoms with Crippen molar-refractivity contribution in [3.05, 3.63) is 29.8 Å². The molecule has 0 bridgehead atoms. The summed E-state index contributed by atoms with van der Waals surface area (Å²) in [6, 6.07) is 5.33. The summed E-state index contributed by atoms with van der Waals surface area (Å²) in [4.78, 5) is 11.0. The lowest BCUT2D eigenvalue weighted by molar-refractivity contribution is -0.137. The molecule has 1 aliphatic rings. The second-order valence-corrected chi connectivity index (χ2v) is 5.92. The Morgan fingerprint density at radius 2 is 1.90 bits per heavy atom. The van der Waals surface area contributed by atoms with Crippen molar-refractivity contribution in [2.75, 3.05) is 14.2 Å². The van der Waals surface area contributed by atoms with Crippen LogP contribution in [-0.4, -0.2) is 25.8 Å². The van der Waals surface area contributed by atoms with Gasteiger partial charge in [0.25, 0.3) is 0 Å². The second-order valence-electron chi connectivity index (χ2n) is 4.54. The summed E-state index contributed by atoms with van der Waals surface area (Å²) in [5.41, 5.74) is -0.617. The van der Waals surface area contributed by atoms with E-state index in [1.807, 2.05) is 0 Å². The average Bonchev–Trinajstić information content (AvgIpc) is 2.33. The van der Waals surface area contributed by atoms with Crippen LogP contribution in [0.1, 0.15) is 18.4 Å². The lowest BCUT2D eigenvalue weighted by Gasteiger charge is -2.30. The maximum absolute atomic E-state index is 12.5. The van der Waals surface area contributed by atoms with E-state index in [2.05, 4.69) is 4.74 Å². The van der Waals surface area contributed by atoms with Gasteiger partial charge in [0.05, 0.1) is 5.56 Å². The Morgan fingerprint density at radius 1 is 1.30 bits per heavy atom. The molecule has 112 valence electrons. The van der Waals surface area contributed by atoms with E-state index in [4.69, 9.17) is 0 Å². The molecule has 2 nitrogen and oxygen atoms in total. The molecule has 1 fully saturated rings. The van der Waals surface area contributed by atoms with Crippen molar-refractivity contribution in [3.8, 4) is 0 Å². The highest BCUT2D eigenvalue weighted by atomic mass is 32.2. The highest BCUT2D eigenvalue weighted by molar-refractivity contribution is 8.00. The number of methoxy groups -OCH3 is 1. The number of halogens is 3. The lowest BCUT2D eigenvalue weighted by atomic mass is 9.86. The molecule has 1 saturated carbocycles. The van der Waals surface area contributed by atoms with E-state index >= 15 is 0 Å². The summed E-state index contributed by atoms with van der Waals surface area (Å²) in [6.07, 6.45) is -1.83. The Kier molecular flexibility index (Phi) is 6.55. The van der Waals surface area contributed by atoms with Crippen molar-refractivity contribution in [2.24, 2.45) is 5.92 Å². The van der Waals surface area contributed by atoms with Crippen LogP contribution >= 0.6 is 11.8 Å². The average molecular weight is 306 g/mol. The van der Waals surface area contributed by atoms with E-state index < -0.39 is 11.7 Å². The molecule has 0 radical (unpaired) electrons. The van der Waals surface area contributed by atoms with E-state index in [0.717, 1.165) is 25.2 Å². The molecule has 0 aromatic heterocycles. The van der Waals surface area contributed by atoms with Crippen molar-refractivity contribution in [3.63, 3.8) is 0 Å². The van der Waals surface area contributed by atoms with Gasteiger partial charge in [0, 0.05) is 30.3 Å². The van der Waals surface area contributed by atoms with Crippen molar-refractivity contribution < 1.29 is 22.7 Å². The number of carbonyl (C=O) groups excluding carboxylic acids is 1. The first-order chi connectivity index (χ1) is 9.40. The normalized spacial score (nSPS) is 21.4. The fraction of sp³-hybridized carbons (Fsp3) is 0.500. The predicted molar refractivity (Wildman–Crippen MR) is 72.8 cm³/mol. The Labute approximate surface area is 120 Å². The van der Waals surface area contributed by atoms with Gasteiger partial charge in [-0.3, -0.25) is 0 Å². The SMILES string of the molecule is COC.O=CC1CC(Sc2cccc(C(F)(F)F)c2)C1. The molecule has 0 atom stereocenters. The van der Waals surface area contributed by atoms with Gasteiger partial charge in [-0.05, 0) is 31.0 Å². The molecule has 0 saturated heterocycles. The van der Waals surface area contributed by atoms with Gasteiger partial charge in [0.15, 0.2) is 0 Å². The van der Waals surface area contributed by atoms with E-state index in [1.54, 1.807) is 20.3 Å². The van der Waals surface area contributed by atoms with Crippen LogP contribution < -0.4 is 0 Å². The van der Waals surface area contributed by atoms with Gasteiger partial charge in [-0.25, -0.2) is 0 Å². The maximum atomic E-state index is 12.5. The third-order valence-electron chi connectivity index (χ3n) is 2.79. The first-order valence-electron chi connectivity index (χ1n) is 6.10. The number of ether oxygens (including phenoxy) is 1. The monoisotopic (exact) mass is 306 g/mol. The number of hydrogen-bond acceptors (Lipinski definition) is 3. The predicted octanol–water partition coefficient (Wildman–Crippen LogP) is 4.04. The smallest absolute Gasteiger partial charge is 0.388 e. The first kappa shape index (κ1) is 17.0. The summed E-state index contributed by atoms with van der Waals surface area (Å²) < 4.78 is 41.6. The van der Waals surface area contributed by atoms with Crippen LogP contribution in [0.3, 0.4) is 0 Å². The standard InChI is InChI=1S/C12H11F3OS.C2H6O/c13-12(14,15)9-2-1-3-10(6-9)17-11-4-8(5-11)7-16;1-3-2/h1-3,6-8,11H,4-5H2;1-2H3. The first-order valence-corrected chi connectivity index (χ1v) is 6.98. The molecule has 0 amide bonds. The van der Waals surface area contributed by atoms with Crippen molar-refractivity contribution in [1.82, 2.24) is 0 Å². The summed E-state index contributed by atoms with van der Waals surface area (Å²) >= 11 is 1.42. The third-order valence-corrected chi connectivity index (χ3v) is 4.03. The Hall–Kier alpha value is -1.01. The molecule has 0 heterocycles. The van der Waals surface area contributed by atoms with Crippen LogP contribution in [0.25, 0.3) is 0 Å². The minimum atomic E-state index is -4.29. The fourth-order valence-electron chi connectivity index (χ4n) is 1.75. The summed E-state index contributed by atoms with van der Waals surface area (Å²) in [6.45, 7) is 0. The number of carbonyl (C=O) groups is 1. The zero-order valence-corrected chi connectivity index (χ0v) is 12.1. The van der Waals surface area contributed by atoms with Crippen molar-refractivity contribution >= 4 is 18.0 Å². The molecule has 1 aromatic carbocycles. The van der Waals surface area contributed by atoms with E-state index in [0.29, 0.717) is 4.90 Å². The van der Waals surface area contributed by atoms with Crippen LogP contribution in [-0.2, 0) is 15.7 Å². The van der Waals surface area contributed by atoms with E-state index in [9.17, 15) is 18.0 Å². The van der Waals surface area contributed by atoms with E-state index in [-0.39, 0.29) is 11.2 Å². The molecule has 0 aliphatic heterocycles. The van der Waals surface area contributed by atoms with Gasteiger partial charge in [0.2, 0.25) is 0 Å². The summed E-state index contributed by atoms with van der Waals surface area (Å²) in [5, 5.41) is 0.272. The number of benzene rings is 1. The second kappa shape index (κ2) is 7.69.